The number of piperidine rings is 1. The second-order valence-corrected chi connectivity index (χ2v) is 7.01. The zero-order chi connectivity index (χ0) is 17.9. The van der Waals surface area contributed by atoms with E-state index in [1.807, 2.05) is 24.3 Å². The molecule has 2 fully saturated rings. The number of carbonyl (C=O) groups excluding carboxylic acids is 1. The highest BCUT2D eigenvalue weighted by atomic mass is 16.5. The summed E-state index contributed by atoms with van der Waals surface area (Å²) in [7, 11) is 1.57. The number of para-hydroxylation sites is 1. The molecule has 2 aromatic rings. The molecule has 4 rings (SSSR count). The quantitative estimate of drug-likeness (QED) is 0.911. The van der Waals surface area contributed by atoms with Gasteiger partial charge in [-0.15, -0.1) is 0 Å². The summed E-state index contributed by atoms with van der Waals surface area (Å²) in [6.07, 6.45) is 3.75. The van der Waals surface area contributed by atoms with E-state index >= 15 is 0 Å². The molecule has 0 bridgehead atoms. The maximum atomic E-state index is 13.0. The van der Waals surface area contributed by atoms with E-state index in [0.29, 0.717) is 24.7 Å². The molecule has 26 heavy (non-hydrogen) atoms. The molecular formula is C20H25N3O3. The van der Waals surface area contributed by atoms with Crippen molar-refractivity contribution in [2.45, 2.75) is 31.3 Å². The third-order valence-corrected chi connectivity index (χ3v) is 5.37. The SMILES string of the molecule is COc1cc(C(=O)N[C@@H]2COC[C@H]2N2CCCCC2)c2ccccc2n1. The molecule has 2 saturated heterocycles. The second kappa shape index (κ2) is 7.60. The smallest absolute Gasteiger partial charge is 0.252 e. The number of nitrogens with zero attached hydrogens (tertiary/aromatic N) is 2. The third kappa shape index (κ3) is 3.39. The lowest BCUT2D eigenvalue weighted by Crippen LogP contribution is -2.52. The van der Waals surface area contributed by atoms with Crippen LogP contribution < -0.4 is 10.1 Å². The van der Waals surface area contributed by atoms with Gasteiger partial charge in [-0.1, -0.05) is 24.6 Å². The first-order valence-corrected chi connectivity index (χ1v) is 9.32. The molecule has 0 radical (unpaired) electrons. The lowest BCUT2D eigenvalue weighted by atomic mass is 10.0. The molecule has 1 amide bonds. The lowest BCUT2D eigenvalue weighted by Gasteiger charge is -2.34. The molecule has 6 heteroatoms. The average molecular weight is 355 g/mol. The first-order chi connectivity index (χ1) is 12.8. The van der Waals surface area contributed by atoms with E-state index in [9.17, 15) is 4.79 Å². The molecular weight excluding hydrogens is 330 g/mol. The van der Waals surface area contributed by atoms with Gasteiger partial charge in [0.25, 0.3) is 5.91 Å². The molecule has 6 nitrogen and oxygen atoms in total. The largest absolute Gasteiger partial charge is 0.481 e. The van der Waals surface area contributed by atoms with Crippen LogP contribution in [-0.2, 0) is 4.74 Å². The van der Waals surface area contributed by atoms with Gasteiger partial charge in [-0.2, -0.15) is 0 Å². The summed E-state index contributed by atoms with van der Waals surface area (Å²) in [4.78, 5) is 19.9. The van der Waals surface area contributed by atoms with Gasteiger partial charge in [-0.05, 0) is 32.0 Å². The molecule has 3 heterocycles. The fourth-order valence-corrected chi connectivity index (χ4v) is 3.98. The van der Waals surface area contributed by atoms with Crippen LogP contribution in [0.25, 0.3) is 10.9 Å². The van der Waals surface area contributed by atoms with Crippen molar-refractivity contribution < 1.29 is 14.3 Å². The van der Waals surface area contributed by atoms with Crippen LogP contribution in [0.1, 0.15) is 29.6 Å². The Bertz CT molecular complexity index is 789. The van der Waals surface area contributed by atoms with Crippen molar-refractivity contribution >= 4 is 16.8 Å². The topological polar surface area (TPSA) is 63.7 Å². The number of rotatable bonds is 4. The van der Waals surface area contributed by atoms with Crippen molar-refractivity contribution in [3.8, 4) is 5.88 Å². The fourth-order valence-electron chi connectivity index (χ4n) is 3.98. The Morgan fingerprint density at radius 1 is 1.23 bits per heavy atom. The Kier molecular flexibility index (Phi) is 5.04. The maximum absolute atomic E-state index is 13.0. The van der Waals surface area contributed by atoms with Crippen LogP contribution in [0, 0.1) is 0 Å². The zero-order valence-corrected chi connectivity index (χ0v) is 15.1. The van der Waals surface area contributed by atoms with Crippen LogP contribution in [-0.4, -0.2) is 61.3 Å². The third-order valence-electron chi connectivity index (χ3n) is 5.37. The molecule has 1 aromatic heterocycles. The summed E-state index contributed by atoms with van der Waals surface area (Å²) in [5.74, 6) is 0.350. The first kappa shape index (κ1) is 17.2. The van der Waals surface area contributed by atoms with E-state index in [-0.39, 0.29) is 18.0 Å². The molecule has 0 unspecified atom stereocenters. The molecule has 1 N–H and O–H groups in total. The maximum Gasteiger partial charge on any atom is 0.252 e. The van der Waals surface area contributed by atoms with Crippen LogP contribution in [0.5, 0.6) is 5.88 Å². The minimum Gasteiger partial charge on any atom is -0.481 e. The Morgan fingerprint density at radius 2 is 2.04 bits per heavy atom. The Balaban J connectivity index is 1.57. The summed E-state index contributed by atoms with van der Waals surface area (Å²) < 4.78 is 11.0. The van der Waals surface area contributed by atoms with E-state index < -0.39 is 0 Å². The van der Waals surface area contributed by atoms with Crippen molar-refractivity contribution in [2.24, 2.45) is 0 Å². The van der Waals surface area contributed by atoms with Crippen LogP contribution in [0.3, 0.4) is 0 Å². The van der Waals surface area contributed by atoms with Crippen LogP contribution >= 0.6 is 0 Å². The van der Waals surface area contributed by atoms with Gasteiger partial charge >= 0.3 is 0 Å². The Labute approximate surface area is 153 Å². The number of ether oxygens (including phenoxy) is 2. The number of likely N-dealkylation sites (tertiary alicyclic amines) is 1. The van der Waals surface area contributed by atoms with Crippen molar-refractivity contribution in [2.75, 3.05) is 33.4 Å². The second-order valence-electron chi connectivity index (χ2n) is 7.01. The van der Waals surface area contributed by atoms with Gasteiger partial charge in [0, 0.05) is 11.5 Å². The zero-order valence-electron chi connectivity index (χ0n) is 15.1. The van der Waals surface area contributed by atoms with Gasteiger partial charge in [0.1, 0.15) is 0 Å². The highest BCUT2D eigenvalue weighted by Crippen LogP contribution is 2.23. The summed E-state index contributed by atoms with van der Waals surface area (Å²) in [5, 5.41) is 4.03. The summed E-state index contributed by atoms with van der Waals surface area (Å²) in [6, 6.07) is 9.63. The first-order valence-electron chi connectivity index (χ1n) is 9.32. The van der Waals surface area contributed by atoms with Crippen LogP contribution in [0.15, 0.2) is 30.3 Å². The number of hydrogen-bond acceptors (Lipinski definition) is 5. The molecule has 1 aromatic carbocycles. The van der Waals surface area contributed by atoms with Crippen molar-refractivity contribution in [1.29, 1.82) is 0 Å². The van der Waals surface area contributed by atoms with Crippen molar-refractivity contribution in [3.63, 3.8) is 0 Å². The number of fused-ring (bicyclic) bond motifs is 1. The number of nitrogens with one attached hydrogen (secondary N) is 1. The Morgan fingerprint density at radius 3 is 2.85 bits per heavy atom. The van der Waals surface area contributed by atoms with E-state index in [1.165, 1.54) is 19.3 Å². The van der Waals surface area contributed by atoms with E-state index in [4.69, 9.17) is 9.47 Å². The minimum absolute atomic E-state index is 0.0125. The summed E-state index contributed by atoms with van der Waals surface area (Å²) in [6.45, 7) is 3.43. The monoisotopic (exact) mass is 355 g/mol. The predicted molar refractivity (Wildman–Crippen MR) is 99.6 cm³/mol. The molecule has 0 spiro atoms. The molecule has 138 valence electrons. The lowest BCUT2D eigenvalue weighted by molar-refractivity contribution is 0.0901. The number of carbonyl (C=O) groups is 1. The van der Waals surface area contributed by atoms with Crippen molar-refractivity contribution in [1.82, 2.24) is 15.2 Å². The number of pyridine rings is 1. The van der Waals surface area contributed by atoms with Crippen LogP contribution in [0.4, 0.5) is 0 Å². The normalized spacial score (nSPS) is 23.9. The number of amides is 1. The van der Waals surface area contributed by atoms with E-state index in [0.717, 1.165) is 24.0 Å². The van der Waals surface area contributed by atoms with Crippen LogP contribution in [0.2, 0.25) is 0 Å². The van der Waals surface area contributed by atoms with Crippen molar-refractivity contribution in [3.05, 3.63) is 35.9 Å². The van der Waals surface area contributed by atoms with Gasteiger partial charge in [-0.25, -0.2) is 4.98 Å². The van der Waals surface area contributed by atoms with Gasteiger partial charge in [0.2, 0.25) is 5.88 Å². The molecule has 0 saturated carbocycles. The highest BCUT2D eigenvalue weighted by molar-refractivity contribution is 6.06. The fraction of sp³-hybridized carbons (Fsp3) is 0.500. The minimum atomic E-state index is -0.0978. The van der Waals surface area contributed by atoms with Gasteiger partial charge in [-0.3, -0.25) is 9.69 Å². The Hall–Kier alpha value is -2.18. The average Bonchev–Trinajstić information content (AvgIpc) is 3.15. The van der Waals surface area contributed by atoms with E-state index in [1.54, 1.807) is 13.2 Å². The molecule has 0 aliphatic carbocycles. The number of methoxy groups -OCH3 is 1. The molecule has 2 atom stereocenters. The van der Waals surface area contributed by atoms with Gasteiger partial charge < -0.3 is 14.8 Å². The van der Waals surface area contributed by atoms with Gasteiger partial charge in [0.05, 0.1) is 43.5 Å². The number of hydrogen-bond donors (Lipinski definition) is 1. The summed E-state index contributed by atoms with van der Waals surface area (Å²) in [5.41, 5.74) is 1.35. The highest BCUT2D eigenvalue weighted by Gasteiger charge is 2.35. The molecule has 2 aliphatic heterocycles. The predicted octanol–water partition coefficient (Wildman–Crippen LogP) is 2.23. The summed E-state index contributed by atoms with van der Waals surface area (Å²) >= 11 is 0. The number of benzene rings is 1. The van der Waals surface area contributed by atoms with Gasteiger partial charge in [0.15, 0.2) is 0 Å². The van der Waals surface area contributed by atoms with E-state index in [2.05, 4.69) is 15.2 Å². The molecule has 2 aliphatic rings. The standard InChI is InChI=1S/C20H25N3O3/c1-25-19-11-15(14-7-3-4-8-16(14)21-19)20(24)22-17-12-26-13-18(17)23-9-5-2-6-10-23/h3-4,7-8,11,17-18H,2,5-6,9-10,12-13H2,1H3,(H,22,24)/t17-,18-/m1/s1. The number of aromatic nitrogens is 1.